The van der Waals surface area contributed by atoms with Crippen LogP contribution in [0.15, 0.2) is 71.3 Å². The smallest absolute Gasteiger partial charge is 0.0998 e. The largest absolute Gasteiger partial charge is 0.317 e. The van der Waals surface area contributed by atoms with E-state index >= 15 is 0 Å². The molecule has 0 N–H and O–H groups in total. The van der Waals surface area contributed by atoms with Gasteiger partial charge in [-0.25, -0.2) is 0 Å². The topological polar surface area (TPSA) is 28.7 Å². The lowest BCUT2D eigenvalue weighted by molar-refractivity contribution is 1.06. The minimum atomic E-state index is 0.596. The molecule has 2 nitrogen and oxygen atoms in total. The Morgan fingerprint density at radius 1 is 1.04 bits per heavy atom. The van der Waals surface area contributed by atoms with Crippen molar-refractivity contribution in [3.05, 3.63) is 87.6 Å². The molecular formula is C19H12BrClN2. The summed E-state index contributed by atoms with van der Waals surface area (Å²) in [6.07, 6.45) is 3.86. The van der Waals surface area contributed by atoms with Gasteiger partial charge in [-0.3, -0.25) is 0 Å². The summed E-state index contributed by atoms with van der Waals surface area (Å²) in [5.41, 5.74) is 3.43. The van der Waals surface area contributed by atoms with Crippen LogP contribution < -0.4 is 0 Å². The quantitative estimate of drug-likeness (QED) is 0.513. The van der Waals surface area contributed by atoms with Gasteiger partial charge in [0.15, 0.2) is 0 Å². The molecule has 0 fully saturated rings. The number of halogens is 2. The van der Waals surface area contributed by atoms with Crippen molar-refractivity contribution in [1.82, 2.24) is 4.57 Å². The van der Waals surface area contributed by atoms with Crippen molar-refractivity contribution >= 4 is 39.2 Å². The second kappa shape index (κ2) is 6.87. The van der Waals surface area contributed by atoms with Crippen molar-refractivity contribution < 1.29 is 0 Å². The Morgan fingerprint density at radius 2 is 1.74 bits per heavy atom. The van der Waals surface area contributed by atoms with Crippen molar-refractivity contribution in [1.29, 1.82) is 5.26 Å². The summed E-state index contributed by atoms with van der Waals surface area (Å²) in [5, 5.41) is 10.1. The molecular weight excluding hydrogens is 372 g/mol. The van der Waals surface area contributed by atoms with Crippen LogP contribution in [0.4, 0.5) is 0 Å². The predicted molar refractivity (Wildman–Crippen MR) is 98.4 cm³/mol. The van der Waals surface area contributed by atoms with E-state index in [9.17, 15) is 5.26 Å². The molecule has 0 aliphatic carbocycles. The molecule has 4 heteroatoms. The third kappa shape index (κ3) is 3.56. The maximum atomic E-state index is 9.48. The van der Waals surface area contributed by atoms with E-state index in [1.54, 1.807) is 12.1 Å². The summed E-state index contributed by atoms with van der Waals surface area (Å²) in [6, 6.07) is 21.5. The average Bonchev–Trinajstić information content (AvgIpc) is 3.02. The van der Waals surface area contributed by atoms with E-state index in [2.05, 4.69) is 22.0 Å². The monoisotopic (exact) mass is 382 g/mol. The Kier molecular flexibility index (Phi) is 4.66. The van der Waals surface area contributed by atoms with Gasteiger partial charge in [0.2, 0.25) is 0 Å². The van der Waals surface area contributed by atoms with Gasteiger partial charge in [0, 0.05) is 27.1 Å². The molecule has 1 aromatic heterocycles. The van der Waals surface area contributed by atoms with Crippen molar-refractivity contribution in [3.8, 4) is 11.8 Å². The zero-order valence-electron chi connectivity index (χ0n) is 12.1. The highest BCUT2D eigenvalue weighted by molar-refractivity contribution is 9.10. The molecule has 0 aliphatic rings. The third-order valence-corrected chi connectivity index (χ3v) is 4.23. The van der Waals surface area contributed by atoms with Gasteiger partial charge >= 0.3 is 0 Å². The number of aromatic nitrogens is 1. The Hall–Kier alpha value is -2.28. The number of allylic oxidation sites excluding steroid dienone is 1. The Balaban J connectivity index is 2.02. The molecule has 23 heavy (non-hydrogen) atoms. The molecule has 0 amide bonds. The Labute approximate surface area is 148 Å². The molecule has 2 aromatic carbocycles. The van der Waals surface area contributed by atoms with Gasteiger partial charge in [0.05, 0.1) is 11.6 Å². The molecule has 0 radical (unpaired) electrons. The standard InChI is InChI=1S/C19H12BrClN2/c20-16-5-9-18(10-6-16)23-11-1-2-19(23)12-15(13-22)14-3-7-17(21)8-4-14/h1-12H/b15-12-. The van der Waals surface area contributed by atoms with Gasteiger partial charge < -0.3 is 4.57 Å². The number of hydrogen-bond acceptors (Lipinski definition) is 1. The van der Waals surface area contributed by atoms with Gasteiger partial charge in [0.1, 0.15) is 0 Å². The van der Waals surface area contributed by atoms with E-state index < -0.39 is 0 Å². The number of hydrogen-bond donors (Lipinski definition) is 0. The second-order valence-corrected chi connectivity index (χ2v) is 6.31. The molecule has 3 rings (SSSR count). The minimum Gasteiger partial charge on any atom is -0.317 e. The van der Waals surface area contributed by atoms with Gasteiger partial charge in [-0.15, -0.1) is 0 Å². The first kappa shape index (κ1) is 15.6. The number of rotatable bonds is 3. The van der Waals surface area contributed by atoms with Gasteiger partial charge in [0.25, 0.3) is 0 Å². The molecule has 0 atom stereocenters. The molecule has 0 saturated carbocycles. The van der Waals surface area contributed by atoms with E-state index in [1.807, 2.05) is 65.4 Å². The van der Waals surface area contributed by atoms with Crippen LogP contribution in [-0.2, 0) is 0 Å². The predicted octanol–water partition coefficient (Wildman–Crippen LogP) is 5.96. The summed E-state index contributed by atoms with van der Waals surface area (Å²) in [6.45, 7) is 0. The van der Waals surface area contributed by atoms with Gasteiger partial charge in [-0.1, -0.05) is 39.7 Å². The first-order valence-electron chi connectivity index (χ1n) is 6.98. The SMILES string of the molecule is N#C/C(=C/c1cccn1-c1ccc(Br)cc1)c1ccc(Cl)cc1. The Bertz CT molecular complexity index is 884. The summed E-state index contributed by atoms with van der Waals surface area (Å²) < 4.78 is 3.07. The van der Waals surface area contributed by atoms with E-state index in [-0.39, 0.29) is 0 Å². The van der Waals surface area contributed by atoms with Crippen LogP contribution in [-0.4, -0.2) is 4.57 Å². The van der Waals surface area contributed by atoms with Crippen LogP contribution in [0.1, 0.15) is 11.3 Å². The molecule has 1 heterocycles. The molecule has 0 unspecified atom stereocenters. The highest BCUT2D eigenvalue weighted by Gasteiger charge is 2.05. The van der Waals surface area contributed by atoms with E-state index in [4.69, 9.17) is 11.6 Å². The fourth-order valence-corrected chi connectivity index (χ4v) is 2.70. The van der Waals surface area contributed by atoms with Crippen LogP contribution in [0.3, 0.4) is 0 Å². The fraction of sp³-hybridized carbons (Fsp3) is 0. The first-order chi connectivity index (χ1) is 11.2. The molecule has 0 saturated heterocycles. The van der Waals surface area contributed by atoms with Crippen LogP contribution in [0, 0.1) is 11.3 Å². The lowest BCUT2D eigenvalue weighted by Gasteiger charge is -2.07. The molecule has 0 aliphatic heterocycles. The van der Waals surface area contributed by atoms with Crippen molar-refractivity contribution in [2.75, 3.05) is 0 Å². The molecule has 0 spiro atoms. The fourth-order valence-electron chi connectivity index (χ4n) is 2.31. The average molecular weight is 384 g/mol. The molecule has 112 valence electrons. The summed E-state index contributed by atoms with van der Waals surface area (Å²) in [5.74, 6) is 0. The van der Waals surface area contributed by atoms with Crippen LogP contribution in [0.25, 0.3) is 17.3 Å². The Morgan fingerprint density at radius 3 is 2.39 bits per heavy atom. The minimum absolute atomic E-state index is 0.596. The van der Waals surface area contributed by atoms with Crippen LogP contribution in [0.2, 0.25) is 5.02 Å². The second-order valence-electron chi connectivity index (χ2n) is 4.96. The lowest BCUT2D eigenvalue weighted by Crippen LogP contribution is -1.94. The summed E-state index contributed by atoms with van der Waals surface area (Å²) in [7, 11) is 0. The molecule has 3 aromatic rings. The lowest BCUT2D eigenvalue weighted by atomic mass is 10.1. The van der Waals surface area contributed by atoms with Crippen molar-refractivity contribution in [2.45, 2.75) is 0 Å². The van der Waals surface area contributed by atoms with Gasteiger partial charge in [-0.2, -0.15) is 5.26 Å². The summed E-state index contributed by atoms with van der Waals surface area (Å²) >= 11 is 9.35. The normalized spacial score (nSPS) is 11.3. The number of nitrogens with zero attached hydrogens (tertiary/aromatic N) is 2. The van der Waals surface area contributed by atoms with Crippen molar-refractivity contribution in [2.24, 2.45) is 0 Å². The van der Waals surface area contributed by atoms with Gasteiger partial charge in [-0.05, 0) is 60.2 Å². The maximum Gasteiger partial charge on any atom is 0.0998 e. The highest BCUT2D eigenvalue weighted by Crippen LogP contribution is 2.22. The zero-order chi connectivity index (χ0) is 16.2. The van der Waals surface area contributed by atoms with E-state index in [1.165, 1.54) is 0 Å². The highest BCUT2D eigenvalue weighted by atomic mass is 79.9. The van der Waals surface area contributed by atoms with E-state index in [0.717, 1.165) is 21.4 Å². The molecule has 0 bridgehead atoms. The first-order valence-corrected chi connectivity index (χ1v) is 8.15. The number of nitriles is 1. The summed E-state index contributed by atoms with van der Waals surface area (Å²) in [4.78, 5) is 0. The number of benzene rings is 2. The van der Waals surface area contributed by atoms with Crippen LogP contribution >= 0.6 is 27.5 Å². The van der Waals surface area contributed by atoms with E-state index in [0.29, 0.717) is 10.6 Å². The zero-order valence-corrected chi connectivity index (χ0v) is 14.4. The van der Waals surface area contributed by atoms with Crippen LogP contribution in [0.5, 0.6) is 0 Å². The third-order valence-electron chi connectivity index (χ3n) is 3.45. The van der Waals surface area contributed by atoms with Crippen molar-refractivity contribution in [3.63, 3.8) is 0 Å². The maximum absolute atomic E-state index is 9.48.